The molecule has 0 saturated carbocycles. The maximum absolute atomic E-state index is 5.74. The first-order valence-electron chi connectivity index (χ1n) is 4.02. The molecule has 0 saturated heterocycles. The monoisotopic (exact) mass is 227 g/mol. The van der Waals surface area contributed by atoms with E-state index in [2.05, 4.69) is 18.3 Å². The zero-order valence-electron chi connectivity index (χ0n) is 6.91. The van der Waals surface area contributed by atoms with E-state index in [-0.39, 0.29) is 6.04 Å². The number of hydrogen-bond donors (Lipinski definition) is 1. The molecule has 1 aliphatic rings. The molecular weight excluding hydrogens is 216 g/mol. The Morgan fingerprint density at radius 2 is 2.25 bits per heavy atom. The topological polar surface area (TPSA) is 12.0 Å². The molecule has 1 heterocycles. The van der Waals surface area contributed by atoms with Gasteiger partial charge in [-0.3, -0.25) is 0 Å². The lowest BCUT2D eigenvalue weighted by Crippen LogP contribution is -2.43. The van der Waals surface area contributed by atoms with Crippen molar-refractivity contribution in [2.24, 2.45) is 0 Å². The van der Waals surface area contributed by atoms with Gasteiger partial charge in [0.25, 0.3) is 0 Å². The lowest BCUT2D eigenvalue weighted by atomic mass is 10.0. The summed E-state index contributed by atoms with van der Waals surface area (Å²) in [4.78, 5) is 0. The molecule has 0 aliphatic carbocycles. The molecule has 0 aromatic carbocycles. The van der Waals surface area contributed by atoms with Crippen LogP contribution in [0.1, 0.15) is 19.8 Å². The summed E-state index contributed by atoms with van der Waals surface area (Å²) in [5.41, 5.74) is 1.39. The third-order valence-corrected chi connectivity index (χ3v) is 2.86. The first-order chi connectivity index (χ1) is 5.54. The van der Waals surface area contributed by atoms with Gasteiger partial charge in [-0.1, -0.05) is 53.4 Å². The third kappa shape index (κ3) is 2.81. The van der Waals surface area contributed by atoms with E-state index in [4.69, 9.17) is 34.8 Å². The molecule has 0 aromatic rings. The van der Waals surface area contributed by atoms with Crippen molar-refractivity contribution in [3.63, 3.8) is 0 Å². The van der Waals surface area contributed by atoms with Crippen molar-refractivity contribution in [3.8, 4) is 0 Å². The quantitative estimate of drug-likeness (QED) is 0.537. The van der Waals surface area contributed by atoms with Crippen LogP contribution in [0.4, 0.5) is 0 Å². The molecule has 1 unspecified atom stereocenters. The second kappa shape index (κ2) is 4.19. The lowest BCUT2D eigenvalue weighted by molar-refractivity contribution is 0.519. The normalized spacial score (nSPS) is 25.3. The minimum Gasteiger partial charge on any atom is -0.306 e. The molecule has 0 fully saturated rings. The molecule has 1 N–H and O–H groups in total. The fourth-order valence-electron chi connectivity index (χ4n) is 1.21. The van der Waals surface area contributed by atoms with Crippen molar-refractivity contribution >= 4 is 34.8 Å². The summed E-state index contributed by atoms with van der Waals surface area (Å²) >= 11 is 17.2. The van der Waals surface area contributed by atoms with Crippen LogP contribution >= 0.6 is 34.8 Å². The largest absolute Gasteiger partial charge is 0.306 e. The highest BCUT2D eigenvalue weighted by molar-refractivity contribution is 6.68. The van der Waals surface area contributed by atoms with Crippen LogP contribution in [-0.4, -0.2) is 16.4 Å². The highest BCUT2D eigenvalue weighted by Gasteiger charge is 2.32. The summed E-state index contributed by atoms with van der Waals surface area (Å²) in [6, 6.07) is -0.0437. The fraction of sp³-hybridized carbons (Fsp3) is 0.750. The van der Waals surface area contributed by atoms with E-state index < -0.39 is 3.79 Å². The van der Waals surface area contributed by atoms with Gasteiger partial charge in [0.05, 0.1) is 6.04 Å². The van der Waals surface area contributed by atoms with Gasteiger partial charge in [0.15, 0.2) is 0 Å². The van der Waals surface area contributed by atoms with Crippen molar-refractivity contribution in [2.75, 3.05) is 6.54 Å². The number of hydrogen-bond acceptors (Lipinski definition) is 1. The Labute approximate surface area is 88.1 Å². The Morgan fingerprint density at radius 3 is 2.58 bits per heavy atom. The molecule has 12 heavy (non-hydrogen) atoms. The molecular formula is C8H12Cl3N. The van der Waals surface area contributed by atoms with Crippen LogP contribution in [0, 0.1) is 0 Å². The van der Waals surface area contributed by atoms with Gasteiger partial charge in [0.1, 0.15) is 0 Å². The summed E-state index contributed by atoms with van der Waals surface area (Å²) in [6.45, 7) is 2.97. The van der Waals surface area contributed by atoms with Gasteiger partial charge in [-0.15, -0.1) is 0 Å². The highest BCUT2D eigenvalue weighted by atomic mass is 35.6. The van der Waals surface area contributed by atoms with Gasteiger partial charge in [-0.25, -0.2) is 0 Å². The summed E-state index contributed by atoms with van der Waals surface area (Å²) in [7, 11) is 0. The Kier molecular flexibility index (Phi) is 3.72. The Hall–Kier alpha value is 0.570. The average Bonchev–Trinajstić information content (AvgIpc) is 2.03. The number of halogens is 3. The minimum atomic E-state index is -1.18. The second-order valence-corrected chi connectivity index (χ2v) is 5.30. The van der Waals surface area contributed by atoms with Crippen LogP contribution < -0.4 is 5.32 Å². The average molecular weight is 229 g/mol. The van der Waals surface area contributed by atoms with Crippen LogP contribution in [-0.2, 0) is 0 Å². The lowest BCUT2D eigenvalue weighted by Gasteiger charge is -2.28. The van der Waals surface area contributed by atoms with Crippen molar-refractivity contribution in [1.82, 2.24) is 5.32 Å². The molecule has 1 rings (SSSR count). The molecule has 1 atom stereocenters. The van der Waals surface area contributed by atoms with Crippen LogP contribution in [0.15, 0.2) is 11.6 Å². The molecule has 0 radical (unpaired) electrons. The molecule has 0 aromatic heterocycles. The SMILES string of the molecule is CCC1=CCC(C(Cl)(Cl)Cl)NC1. The Bertz CT molecular complexity index is 183. The summed E-state index contributed by atoms with van der Waals surface area (Å²) in [5, 5.41) is 3.20. The standard InChI is InChI=1S/C8H12Cl3N/c1-2-6-3-4-7(12-5-6)8(9,10)11/h3,7,12H,2,4-5H2,1H3. The predicted molar refractivity (Wildman–Crippen MR) is 55.1 cm³/mol. The molecule has 1 nitrogen and oxygen atoms in total. The zero-order valence-corrected chi connectivity index (χ0v) is 9.18. The van der Waals surface area contributed by atoms with Crippen molar-refractivity contribution in [3.05, 3.63) is 11.6 Å². The van der Waals surface area contributed by atoms with E-state index in [0.717, 1.165) is 19.4 Å². The molecule has 0 bridgehead atoms. The highest BCUT2D eigenvalue weighted by Crippen LogP contribution is 2.33. The second-order valence-electron chi connectivity index (χ2n) is 2.93. The summed E-state index contributed by atoms with van der Waals surface area (Å²) < 4.78 is -1.18. The predicted octanol–water partition coefficient (Wildman–Crippen LogP) is 3.05. The van der Waals surface area contributed by atoms with Gasteiger partial charge in [-0.2, -0.15) is 0 Å². The van der Waals surface area contributed by atoms with Gasteiger partial charge in [-0.05, 0) is 12.8 Å². The maximum atomic E-state index is 5.74. The van der Waals surface area contributed by atoms with E-state index in [1.807, 2.05) is 0 Å². The van der Waals surface area contributed by atoms with Gasteiger partial charge in [0, 0.05) is 6.54 Å². The molecule has 70 valence electrons. The third-order valence-electron chi connectivity index (χ3n) is 2.07. The Balaban J connectivity index is 2.52. The molecule has 0 amide bonds. The molecule has 1 aliphatic heterocycles. The summed E-state index contributed by atoms with van der Waals surface area (Å²) in [6.07, 6.45) is 4.03. The maximum Gasteiger partial charge on any atom is 0.205 e. The molecule has 4 heteroatoms. The van der Waals surface area contributed by atoms with Crippen LogP contribution in [0.25, 0.3) is 0 Å². The van der Waals surface area contributed by atoms with E-state index in [1.165, 1.54) is 5.57 Å². The smallest absolute Gasteiger partial charge is 0.205 e. The van der Waals surface area contributed by atoms with Crippen LogP contribution in [0.5, 0.6) is 0 Å². The van der Waals surface area contributed by atoms with Crippen molar-refractivity contribution in [2.45, 2.75) is 29.6 Å². The number of rotatable bonds is 1. The van der Waals surface area contributed by atoms with E-state index in [0.29, 0.717) is 0 Å². The van der Waals surface area contributed by atoms with Crippen molar-refractivity contribution < 1.29 is 0 Å². The van der Waals surface area contributed by atoms with E-state index in [1.54, 1.807) is 0 Å². The van der Waals surface area contributed by atoms with Crippen LogP contribution in [0.3, 0.4) is 0 Å². The van der Waals surface area contributed by atoms with Gasteiger partial charge in [0.2, 0.25) is 3.79 Å². The number of alkyl halides is 3. The van der Waals surface area contributed by atoms with Crippen LogP contribution in [0.2, 0.25) is 0 Å². The number of nitrogens with one attached hydrogen (secondary N) is 1. The van der Waals surface area contributed by atoms with Gasteiger partial charge < -0.3 is 5.32 Å². The van der Waals surface area contributed by atoms with Crippen molar-refractivity contribution in [1.29, 1.82) is 0 Å². The fourth-order valence-corrected chi connectivity index (χ4v) is 1.71. The van der Waals surface area contributed by atoms with E-state index in [9.17, 15) is 0 Å². The first-order valence-corrected chi connectivity index (χ1v) is 5.15. The summed E-state index contributed by atoms with van der Waals surface area (Å²) in [5.74, 6) is 0. The van der Waals surface area contributed by atoms with E-state index >= 15 is 0 Å². The minimum absolute atomic E-state index is 0.0437. The zero-order chi connectivity index (χ0) is 9.19. The molecule has 0 spiro atoms. The van der Waals surface area contributed by atoms with Gasteiger partial charge >= 0.3 is 0 Å². The first kappa shape index (κ1) is 10.6. The Morgan fingerprint density at radius 1 is 1.58 bits per heavy atom.